The second kappa shape index (κ2) is 7.14. The van der Waals surface area contributed by atoms with E-state index >= 15 is 0 Å². The Morgan fingerprint density at radius 3 is 2.64 bits per heavy atom. The van der Waals surface area contributed by atoms with Crippen LogP contribution in [0, 0.1) is 0 Å². The van der Waals surface area contributed by atoms with Crippen molar-refractivity contribution in [3.8, 4) is 11.5 Å². The zero-order valence-electron chi connectivity index (χ0n) is 16.4. The van der Waals surface area contributed by atoms with Crippen LogP contribution in [0.25, 0.3) is 10.8 Å². The number of methoxy groups -OCH3 is 1. The minimum absolute atomic E-state index is 0.0436. The third-order valence-corrected chi connectivity index (χ3v) is 6.43. The lowest BCUT2D eigenvalue weighted by Crippen LogP contribution is -2.42. The van der Waals surface area contributed by atoms with Crippen LogP contribution in [-0.4, -0.2) is 12.7 Å². The summed E-state index contributed by atoms with van der Waals surface area (Å²) in [5.74, 6) is 1.79. The molecule has 1 spiro atoms. The molecule has 1 aliphatic heterocycles. The molecule has 3 nitrogen and oxygen atoms in total. The van der Waals surface area contributed by atoms with Gasteiger partial charge in [0.25, 0.3) is 0 Å². The van der Waals surface area contributed by atoms with Gasteiger partial charge in [0.15, 0.2) is 11.5 Å². The summed E-state index contributed by atoms with van der Waals surface area (Å²) >= 11 is 0. The van der Waals surface area contributed by atoms with E-state index in [1.807, 2.05) is 6.07 Å². The Kier molecular flexibility index (Phi) is 4.48. The van der Waals surface area contributed by atoms with E-state index in [1.165, 1.54) is 34.7 Å². The van der Waals surface area contributed by atoms with E-state index in [2.05, 4.69) is 59.9 Å². The van der Waals surface area contributed by atoms with E-state index in [9.17, 15) is 0 Å². The summed E-state index contributed by atoms with van der Waals surface area (Å²) in [4.78, 5) is 0. The SMILES string of the molecule is COc1cccc2c1OC1(CCCC1)C[C@H]2NCc1cccc2ccccc12. The quantitative estimate of drug-likeness (QED) is 0.629. The Labute approximate surface area is 166 Å². The van der Waals surface area contributed by atoms with Gasteiger partial charge in [-0.1, -0.05) is 54.6 Å². The molecule has 28 heavy (non-hydrogen) atoms. The lowest BCUT2D eigenvalue weighted by molar-refractivity contribution is 0.0334. The normalized spacial score (nSPS) is 20.1. The average molecular weight is 373 g/mol. The lowest BCUT2D eigenvalue weighted by Gasteiger charge is -2.41. The zero-order valence-corrected chi connectivity index (χ0v) is 16.4. The Morgan fingerprint density at radius 1 is 1.00 bits per heavy atom. The first-order chi connectivity index (χ1) is 13.8. The molecule has 1 heterocycles. The van der Waals surface area contributed by atoms with E-state index in [-0.39, 0.29) is 11.6 Å². The maximum absolute atomic E-state index is 6.59. The first kappa shape index (κ1) is 17.6. The van der Waals surface area contributed by atoms with Crippen molar-refractivity contribution in [3.05, 3.63) is 71.8 Å². The van der Waals surface area contributed by atoms with Gasteiger partial charge in [0.2, 0.25) is 0 Å². The number of nitrogens with one attached hydrogen (secondary N) is 1. The Bertz CT molecular complexity index is 986. The summed E-state index contributed by atoms with van der Waals surface area (Å²) in [6.07, 6.45) is 5.80. The number of para-hydroxylation sites is 1. The van der Waals surface area contributed by atoms with Gasteiger partial charge < -0.3 is 14.8 Å². The average Bonchev–Trinajstić information content (AvgIpc) is 3.19. The van der Waals surface area contributed by atoms with Crippen LogP contribution in [0.2, 0.25) is 0 Å². The van der Waals surface area contributed by atoms with Gasteiger partial charge in [-0.2, -0.15) is 0 Å². The predicted molar refractivity (Wildman–Crippen MR) is 113 cm³/mol. The first-order valence-electron chi connectivity index (χ1n) is 10.3. The van der Waals surface area contributed by atoms with Gasteiger partial charge in [0.1, 0.15) is 5.60 Å². The van der Waals surface area contributed by atoms with E-state index in [4.69, 9.17) is 9.47 Å². The molecule has 1 atom stereocenters. The molecule has 1 saturated carbocycles. The second-order valence-corrected chi connectivity index (χ2v) is 8.15. The highest BCUT2D eigenvalue weighted by Gasteiger charge is 2.43. The van der Waals surface area contributed by atoms with Crippen LogP contribution in [0.3, 0.4) is 0 Å². The van der Waals surface area contributed by atoms with Crippen molar-refractivity contribution < 1.29 is 9.47 Å². The zero-order chi connectivity index (χ0) is 19.0. The van der Waals surface area contributed by atoms with Crippen molar-refractivity contribution in [2.24, 2.45) is 0 Å². The van der Waals surface area contributed by atoms with E-state index in [0.29, 0.717) is 0 Å². The van der Waals surface area contributed by atoms with Gasteiger partial charge in [-0.15, -0.1) is 0 Å². The van der Waals surface area contributed by atoms with Gasteiger partial charge in [-0.3, -0.25) is 0 Å². The lowest BCUT2D eigenvalue weighted by atomic mass is 9.85. The first-order valence-corrected chi connectivity index (χ1v) is 10.3. The molecule has 0 saturated heterocycles. The maximum atomic E-state index is 6.59. The summed E-state index contributed by atoms with van der Waals surface area (Å²) in [7, 11) is 1.73. The summed E-state index contributed by atoms with van der Waals surface area (Å²) in [6, 6.07) is 21.7. The highest BCUT2D eigenvalue weighted by molar-refractivity contribution is 5.85. The minimum Gasteiger partial charge on any atom is -0.493 e. The Balaban J connectivity index is 1.47. The minimum atomic E-state index is -0.0436. The molecule has 0 bridgehead atoms. The Hall–Kier alpha value is -2.52. The fourth-order valence-corrected chi connectivity index (χ4v) is 5.00. The van der Waals surface area contributed by atoms with Crippen molar-refractivity contribution in [1.29, 1.82) is 0 Å². The molecule has 1 aliphatic carbocycles. The molecule has 144 valence electrons. The number of benzene rings is 3. The highest BCUT2D eigenvalue weighted by atomic mass is 16.5. The summed E-state index contributed by atoms with van der Waals surface area (Å²) < 4.78 is 12.2. The molecule has 0 unspecified atom stereocenters. The second-order valence-electron chi connectivity index (χ2n) is 8.15. The van der Waals surface area contributed by atoms with E-state index in [0.717, 1.165) is 37.3 Å². The van der Waals surface area contributed by atoms with E-state index in [1.54, 1.807) is 7.11 Å². The van der Waals surface area contributed by atoms with Crippen molar-refractivity contribution in [2.45, 2.75) is 50.3 Å². The van der Waals surface area contributed by atoms with Crippen LogP contribution in [0.5, 0.6) is 11.5 Å². The van der Waals surface area contributed by atoms with Gasteiger partial charge in [0.05, 0.1) is 7.11 Å². The highest BCUT2D eigenvalue weighted by Crippen LogP contribution is 2.50. The number of fused-ring (bicyclic) bond motifs is 2. The van der Waals surface area contributed by atoms with Crippen LogP contribution >= 0.6 is 0 Å². The molecule has 0 aromatic heterocycles. The van der Waals surface area contributed by atoms with Crippen LogP contribution in [-0.2, 0) is 6.54 Å². The monoisotopic (exact) mass is 373 g/mol. The molecule has 0 radical (unpaired) electrons. The molecule has 1 N–H and O–H groups in total. The number of hydrogen-bond acceptors (Lipinski definition) is 3. The molecule has 1 fully saturated rings. The molecule has 3 aromatic carbocycles. The third-order valence-electron chi connectivity index (χ3n) is 6.43. The number of rotatable bonds is 4. The van der Waals surface area contributed by atoms with Crippen molar-refractivity contribution in [1.82, 2.24) is 5.32 Å². The number of ether oxygens (including phenoxy) is 2. The van der Waals surface area contributed by atoms with Crippen LogP contribution in [0.1, 0.15) is 49.3 Å². The van der Waals surface area contributed by atoms with E-state index < -0.39 is 0 Å². The van der Waals surface area contributed by atoms with Crippen LogP contribution in [0.4, 0.5) is 0 Å². The summed E-state index contributed by atoms with van der Waals surface area (Å²) in [5, 5.41) is 6.47. The third kappa shape index (κ3) is 3.04. The van der Waals surface area contributed by atoms with Gasteiger partial charge in [-0.25, -0.2) is 0 Å². The molecular weight excluding hydrogens is 346 g/mol. The molecular formula is C25H27NO2. The van der Waals surface area contributed by atoms with Gasteiger partial charge in [-0.05, 0) is 48.1 Å². The summed E-state index contributed by atoms with van der Waals surface area (Å²) in [6.45, 7) is 0.846. The maximum Gasteiger partial charge on any atom is 0.166 e. The van der Waals surface area contributed by atoms with Gasteiger partial charge in [0, 0.05) is 24.6 Å². The topological polar surface area (TPSA) is 30.5 Å². The van der Waals surface area contributed by atoms with Crippen LogP contribution in [0.15, 0.2) is 60.7 Å². The summed E-state index contributed by atoms with van der Waals surface area (Å²) in [5.41, 5.74) is 2.52. The van der Waals surface area contributed by atoms with Crippen molar-refractivity contribution in [3.63, 3.8) is 0 Å². The smallest absolute Gasteiger partial charge is 0.166 e. The molecule has 3 aromatic rings. The van der Waals surface area contributed by atoms with Crippen LogP contribution < -0.4 is 14.8 Å². The molecule has 2 aliphatic rings. The standard InChI is InChI=1S/C25H27NO2/c1-27-23-13-7-12-21-22(16-25(28-24(21)23)14-4-5-15-25)26-17-19-10-6-9-18-8-2-3-11-20(18)19/h2-3,6-13,22,26H,4-5,14-17H2,1H3/t22-/m1/s1. The largest absolute Gasteiger partial charge is 0.493 e. The molecule has 3 heteroatoms. The molecule has 0 amide bonds. The number of hydrogen-bond donors (Lipinski definition) is 1. The van der Waals surface area contributed by atoms with Crippen molar-refractivity contribution >= 4 is 10.8 Å². The molecule has 5 rings (SSSR count). The predicted octanol–water partition coefficient (Wildman–Crippen LogP) is 5.77. The van der Waals surface area contributed by atoms with Crippen molar-refractivity contribution in [2.75, 3.05) is 7.11 Å². The fraction of sp³-hybridized carbons (Fsp3) is 0.360. The Morgan fingerprint density at radius 2 is 1.79 bits per heavy atom. The van der Waals surface area contributed by atoms with Gasteiger partial charge >= 0.3 is 0 Å². The fourth-order valence-electron chi connectivity index (χ4n) is 5.00.